The maximum absolute atomic E-state index is 4.77. The Hall–Kier alpha value is -1.79. The molecule has 0 fully saturated rings. The predicted molar refractivity (Wildman–Crippen MR) is 78.2 cm³/mol. The van der Waals surface area contributed by atoms with Crippen molar-refractivity contribution in [3.05, 3.63) is 47.6 Å². The number of rotatable bonds is 4. The van der Waals surface area contributed by atoms with Crippen molar-refractivity contribution < 1.29 is 4.84 Å². The number of fused-ring (bicyclic) bond motifs is 1. The van der Waals surface area contributed by atoms with Gasteiger partial charge in [0.25, 0.3) is 0 Å². The number of benzene rings is 1. The SMILES string of the molecule is CON=Cc1c(Sc2ccccc2)nc2sccn12. The van der Waals surface area contributed by atoms with Crippen LogP contribution in [0, 0.1) is 0 Å². The molecule has 2 heterocycles. The van der Waals surface area contributed by atoms with E-state index < -0.39 is 0 Å². The van der Waals surface area contributed by atoms with Gasteiger partial charge in [-0.15, -0.1) is 11.3 Å². The van der Waals surface area contributed by atoms with Gasteiger partial charge >= 0.3 is 0 Å². The summed E-state index contributed by atoms with van der Waals surface area (Å²) >= 11 is 3.23. The zero-order chi connectivity index (χ0) is 13.1. The smallest absolute Gasteiger partial charge is 0.195 e. The molecule has 0 spiro atoms. The Morgan fingerprint density at radius 1 is 1.37 bits per heavy atom. The molecular weight excluding hydrogens is 278 g/mol. The molecule has 3 rings (SSSR count). The van der Waals surface area contributed by atoms with Crippen molar-refractivity contribution in [2.45, 2.75) is 9.92 Å². The Morgan fingerprint density at radius 2 is 2.21 bits per heavy atom. The van der Waals surface area contributed by atoms with Crippen LogP contribution >= 0.6 is 23.1 Å². The maximum atomic E-state index is 4.77. The molecule has 2 aromatic heterocycles. The molecule has 0 N–H and O–H groups in total. The second kappa shape index (κ2) is 5.46. The van der Waals surface area contributed by atoms with E-state index in [1.54, 1.807) is 29.3 Å². The van der Waals surface area contributed by atoms with Crippen LogP contribution in [0.15, 0.2) is 57.0 Å². The monoisotopic (exact) mass is 289 g/mol. The van der Waals surface area contributed by atoms with Crippen molar-refractivity contribution >= 4 is 34.3 Å². The van der Waals surface area contributed by atoms with Crippen LogP contribution < -0.4 is 0 Å². The Labute approximate surface area is 118 Å². The topological polar surface area (TPSA) is 38.9 Å². The molecule has 0 saturated heterocycles. The molecule has 0 atom stereocenters. The van der Waals surface area contributed by atoms with E-state index in [9.17, 15) is 0 Å². The zero-order valence-electron chi connectivity index (χ0n) is 10.2. The number of oxime groups is 1. The minimum atomic E-state index is 0.929. The van der Waals surface area contributed by atoms with Gasteiger partial charge in [-0.05, 0) is 12.1 Å². The molecule has 0 saturated carbocycles. The van der Waals surface area contributed by atoms with E-state index >= 15 is 0 Å². The minimum Gasteiger partial charge on any atom is -0.399 e. The van der Waals surface area contributed by atoms with Gasteiger partial charge in [0.2, 0.25) is 0 Å². The quantitative estimate of drug-likeness (QED) is 0.545. The zero-order valence-corrected chi connectivity index (χ0v) is 11.8. The summed E-state index contributed by atoms with van der Waals surface area (Å²) in [5.41, 5.74) is 0.937. The molecule has 96 valence electrons. The van der Waals surface area contributed by atoms with Gasteiger partial charge < -0.3 is 4.84 Å². The first kappa shape index (κ1) is 12.3. The highest BCUT2D eigenvalue weighted by Crippen LogP contribution is 2.30. The van der Waals surface area contributed by atoms with Gasteiger partial charge in [0.15, 0.2) is 4.96 Å². The van der Waals surface area contributed by atoms with Crippen LogP contribution in [0.3, 0.4) is 0 Å². The van der Waals surface area contributed by atoms with E-state index in [2.05, 4.69) is 22.3 Å². The van der Waals surface area contributed by atoms with Crippen LogP contribution in [0.25, 0.3) is 4.96 Å². The predicted octanol–water partition coefficient (Wildman–Crippen LogP) is 3.53. The first-order valence-electron chi connectivity index (χ1n) is 5.63. The fraction of sp³-hybridized carbons (Fsp3) is 0.0769. The summed E-state index contributed by atoms with van der Waals surface area (Å²) in [7, 11) is 1.53. The number of imidazole rings is 1. The van der Waals surface area contributed by atoms with Gasteiger partial charge in [0.05, 0.1) is 6.21 Å². The number of aromatic nitrogens is 2. The van der Waals surface area contributed by atoms with Crippen molar-refractivity contribution in [2.75, 3.05) is 7.11 Å². The summed E-state index contributed by atoms with van der Waals surface area (Å²) in [6.07, 6.45) is 3.68. The van der Waals surface area contributed by atoms with Crippen molar-refractivity contribution in [1.82, 2.24) is 9.38 Å². The lowest BCUT2D eigenvalue weighted by Crippen LogP contribution is -1.90. The molecular formula is C13H11N3OS2. The summed E-state index contributed by atoms with van der Waals surface area (Å²) in [6, 6.07) is 10.2. The average Bonchev–Trinajstić information content (AvgIpc) is 2.99. The van der Waals surface area contributed by atoms with Gasteiger partial charge in [-0.1, -0.05) is 35.1 Å². The van der Waals surface area contributed by atoms with Crippen LogP contribution in [0.5, 0.6) is 0 Å². The normalized spacial score (nSPS) is 11.4. The molecule has 4 nitrogen and oxygen atoms in total. The van der Waals surface area contributed by atoms with E-state index in [1.807, 2.05) is 34.2 Å². The lowest BCUT2D eigenvalue weighted by molar-refractivity contribution is 0.215. The number of hydrogen-bond donors (Lipinski definition) is 0. The lowest BCUT2D eigenvalue weighted by Gasteiger charge is -1.99. The van der Waals surface area contributed by atoms with Gasteiger partial charge in [-0.2, -0.15) is 0 Å². The van der Waals surface area contributed by atoms with Gasteiger partial charge in [0.1, 0.15) is 17.8 Å². The largest absolute Gasteiger partial charge is 0.399 e. The fourth-order valence-electron chi connectivity index (χ4n) is 1.68. The summed E-state index contributed by atoms with van der Waals surface area (Å²) in [4.78, 5) is 11.5. The third-order valence-electron chi connectivity index (χ3n) is 2.50. The van der Waals surface area contributed by atoms with Crippen molar-refractivity contribution in [3.63, 3.8) is 0 Å². The Kier molecular flexibility index (Phi) is 3.52. The molecule has 19 heavy (non-hydrogen) atoms. The highest BCUT2D eigenvalue weighted by Gasteiger charge is 2.12. The van der Waals surface area contributed by atoms with E-state index in [0.29, 0.717) is 0 Å². The van der Waals surface area contributed by atoms with Crippen LogP contribution in [-0.2, 0) is 4.84 Å². The molecule has 0 unspecified atom stereocenters. The summed E-state index contributed by atoms with van der Waals surface area (Å²) < 4.78 is 2.01. The standard InChI is InChI=1S/C13H11N3OS2/c1-17-14-9-11-12(15-13-16(11)7-8-18-13)19-10-5-3-2-4-6-10/h2-9H,1H3. The third-order valence-corrected chi connectivity index (χ3v) is 4.26. The highest BCUT2D eigenvalue weighted by molar-refractivity contribution is 7.99. The number of thiazole rings is 1. The molecule has 0 aliphatic rings. The minimum absolute atomic E-state index is 0.929. The molecule has 0 aliphatic carbocycles. The molecule has 1 aromatic carbocycles. The molecule has 0 aliphatic heterocycles. The highest BCUT2D eigenvalue weighted by atomic mass is 32.2. The van der Waals surface area contributed by atoms with Crippen molar-refractivity contribution in [1.29, 1.82) is 0 Å². The van der Waals surface area contributed by atoms with Crippen molar-refractivity contribution in [2.24, 2.45) is 5.16 Å². The molecule has 3 aromatic rings. The van der Waals surface area contributed by atoms with E-state index in [-0.39, 0.29) is 0 Å². The maximum Gasteiger partial charge on any atom is 0.195 e. The Morgan fingerprint density at radius 3 is 3.00 bits per heavy atom. The third kappa shape index (κ3) is 2.50. The van der Waals surface area contributed by atoms with Crippen molar-refractivity contribution in [3.8, 4) is 0 Å². The summed E-state index contributed by atoms with van der Waals surface area (Å²) in [6.45, 7) is 0. The van der Waals surface area contributed by atoms with Crippen LogP contribution in [0.4, 0.5) is 0 Å². The molecule has 0 amide bonds. The van der Waals surface area contributed by atoms with Gasteiger partial charge in [0, 0.05) is 16.5 Å². The van der Waals surface area contributed by atoms with Gasteiger partial charge in [-0.25, -0.2) is 4.98 Å². The molecule has 6 heteroatoms. The summed E-state index contributed by atoms with van der Waals surface area (Å²) in [5, 5.41) is 6.78. The van der Waals surface area contributed by atoms with Crippen LogP contribution in [0.1, 0.15) is 5.69 Å². The molecule has 0 radical (unpaired) electrons. The first-order chi connectivity index (χ1) is 9.38. The lowest BCUT2D eigenvalue weighted by atomic mass is 10.4. The Balaban J connectivity index is 2.02. The van der Waals surface area contributed by atoms with E-state index in [1.165, 1.54) is 7.11 Å². The van der Waals surface area contributed by atoms with Crippen LogP contribution in [0.2, 0.25) is 0 Å². The Bertz CT molecular complexity index is 703. The second-order valence-corrected chi connectivity index (χ2v) is 5.63. The fourth-order valence-corrected chi connectivity index (χ4v) is 3.36. The van der Waals surface area contributed by atoms with E-state index in [0.717, 1.165) is 20.6 Å². The summed E-state index contributed by atoms with van der Waals surface area (Å²) in [5.74, 6) is 0. The average molecular weight is 289 g/mol. The molecule has 0 bridgehead atoms. The van der Waals surface area contributed by atoms with Crippen LogP contribution in [-0.4, -0.2) is 22.7 Å². The van der Waals surface area contributed by atoms with Gasteiger partial charge in [-0.3, -0.25) is 4.40 Å². The first-order valence-corrected chi connectivity index (χ1v) is 7.33. The second-order valence-electron chi connectivity index (χ2n) is 3.69. The van der Waals surface area contributed by atoms with E-state index in [4.69, 9.17) is 4.84 Å². The number of nitrogens with zero attached hydrogens (tertiary/aromatic N) is 3. The number of hydrogen-bond acceptors (Lipinski definition) is 5.